The summed E-state index contributed by atoms with van der Waals surface area (Å²) in [6.07, 6.45) is 1.16. The highest BCUT2D eigenvalue weighted by atomic mass is 16.7. The minimum atomic E-state index is -0.113. The van der Waals surface area contributed by atoms with E-state index in [9.17, 15) is 9.59 Å². The zero-order valence-electron chi connectivity index (χ0n) is 15.6. The molecule has 2 fully saturated rings. The van der Waals surface area contributed by atoms with Gasteiger partial charge in [0.15, 0.2) is 11.5 Å². The number of rotatable bonds is 4. The van der Waals surface area contributed by atoms with Gasteiger partial charge in [-0.3, -0.25) is 14.5 Å². The second-order valence-corrected chi connectivity index (χ2v) is 7.53. The number of amides is 2. The summed E-state index contributed by atoms with van der Waals surface area (Å²) in [4.78, 5) is 28.4. The standard InChI is InChI=1S/C19H25N3O5/c1-21(2)18(23)7-15-9-22-8-13(6-14(22)10-25-15)20-19(24)12-3-4-16-17(5-12)27-11-26-16/h3-5,13-15H,6-11H2,1-2H3,(H,20,24)/t13-,14+,15+/m1/s1. The SMILES string of the molecule is CN(C)C(=O)C[C@H]1CN2C[C@H](NC(=O)c3ccc4c(c3)OCO4)C[C@H]2CO1. The lowest BCUT2D eigenvalue weighted by atomic mass is 10.1. The normalized spacial score (nSPS) is 26.5. The summed E-state index contributed by atoms with van der Waals surface area (Å²) in [5, 5.41) is 3.11. The van der Waals surface area contributed by atoms with Crippen molar-refractivity contribution >= 4 is 11.8 Å². The molecule has 4 rings (SSSR count). The Hall–Kier alpha value is -2.32. The van der Waals surface area contributed by atoms with Crippen LogP contribution in [-0.2, 0) is 9.53 Å². The van der Waals surface area contributed by atoms with Crippen LogP contribution in [0.4, 0.5) is 0 Å². The van der Waals surface area contributed by atoms with Crippen LogP contribution in [0.5, 0.6) is 11.5 Å². The first-order chi connectivity index (χ1) is 13.0. The van der Waals surface area contributed by atoms with E-state index in [0.717, 1.165) is 19.5 Å². The topological polar surface area (TPSA) is 80.3 Å². The van der Waals surface area contributed by atoms with Crippen LogP contribution in [0.2, 0.25) is 0 Å². The average molecular weight is 375 g/mol. The number of carbonyl (C=O) groups excluding carboxylic acids is 2. The van der Waals surface area contributed by atoms with Crippen molar-refractivity contribution in [1.82, 2.24) is 15.1 Å². The van der Waals surface area contributed by atoms with Gasteiger partial charge in [-0.1, -0.05) is 0 Å². The predicted octanol–water partition coefficient (Wildman–Crippen LogP) is 0.465. The average Bonchev–Trinajstić information content (AvgIpc) is 3.26. The van der Waals surface area contributed by atoms with E-state index in [2.05, 4.69) is 10.2 Å². The Bertz CT molecular complexity index is 738. The van der Waals surface area contributed by atoms with Crippen LogP contribution >= 0.6 is 0 Å². The first kappa shape index (κ1) is 18.1. The van der Waals surface area contributed by atoms with E-state index in [-0.39, 0.29) is 36.8 Å². The molecule has 0 saturated carbocycles. The highest BCUT2D eigenvalue weighted by molar-refractivity contribution is 5.95. The van der Waals surface area contributed by atoms with Crippen molar-refractivity contribution < 1.29 is 23.8 Å². The van der Waals surface area contributed by atoms with E-state index >= 15 is 0 Å². The lowest BCUT2D eigenvalue weighted by molar-refractivity contribution is -0.134. The first-order valence-corrected chi connectivity index (χ1v) is 9.26. The van der Waals surface area contributed by atoms with Crippen molar-refractivity contribution in [3.63, 3.8) is 0 Å². The molecule has 0 bridgehead atoms. The summed E-state index contributed by atoms with van der Waals surface area (Å²) in [5.41, 5.74) is 0.565. The fourth-order valence-corrected chi connectivity index (χ4v) is 3.85. The maximum atomic E-state index is 12.6. The smallest absolute Gasteiger partial charge is 0.251 e. The Morgan fingerprint density at radius 1 is 1.22 bits per heavy atom. The van der Waals surface area contributed by atoms with Gasteiger partial charge in [0.1, 0.15) is 0 Å². The van der Waals surface area contributed by atoms with Gasteiger partial charge in [-0.05, 0) is 24.6 Å². The Morgan fingerprint density at radius 2 is 2.04 bits per heavy atom. The predicted molar refractivity (Wildman–Crippen MR) is 96.8 cm³/mol. The summed E-state index contributed by atoms with van der Waals surface area (Å²) in [5.74, 6) is 1.23. The molecule has 3 atom stereocenters. The Balaban J connectivity index is 1.32. The van der Waals surface area contributed by atoms with Gasteiger partial charge in [0.25, 0.3) is 5.91 Å². The third-order valence-corrected chi connectivity index (χ3v) is 5.36. The molecule has 27 heavy (non-hydrogen) atoms. The van der Waals surface area contributed by atoms with Crippen molar-refractivity contribution in [2.24, 2.45) is 0 Å². The maximum absolute atomic E-state index is 12.6. The molecule has 2 saturated heterocycles. The fourth-order valence-electron chi connectivity index (χ4n) is 3.85. The molecular formula is C19H25N3O5. The minimum Gasteiger partial charge on any atom is -0.454 e. The van der Waals surface area contributed by atoms with Crippen LogP contribution in [0.15, 0.2) is 18.2 Å². The van der Waals surface area contributed by atoms with E-state index in [0.29, 0.717) is 30.1 Å². The second-order valence-electron chi connectivity index (χ2n) is 7.53. The number of nitrogens with one attached hydrogen (secondary N) is 1. The zero-order valence-corrected chi connectivity index (χ0v) is 15.6. The Kier molecular flexibility index (Phi) is 4.92. The van der Waals surface area contributed by atoms with Gasteiger partial charge in [0, 0.05) is 44.8 Å². The molecule has 8 heteroatoms. The number of nitrogens with zero attached hydrogens (tertiary/aromatic N) is 2. The number of hydrogen-bond donors (Lipinski definition) is 1. The van der Waals surface area contributed by atoms with Crippen LogP contribution in [0, 0.1) is 0 Å². The van der Waals surface area contributed by atoms with Crippen molar-refractivity contribution in [1.29, 1.82) is 0 Å². The molecule has 2 amide bonds. The molecule has 1 aromatic carbocycles. The molecule has 0 aliphatic carbocycles. The lowest BCUT2D eigenvalue weighted by Crippen LogP contribution is -2.47. The Morgan fingerprint density at radius 3 is 2.85 bits per heavy atom. The molecule has 1 N–H and O–H groups in total. The summed E-state index contributed by atoms with van der Waals surface area (Å²) >= 11 is 0. The van der Waals surface area contributed by atoms with Crippen LogP contribution in [0.1, 0.15) is 23.2 Å². The summed E-state index contributed by atoms with van der Waals surface area (Å²) in [7, 11) is 3.51. The van der Waals surface area contributed by atoms with E-state index in [4.69, 9.17) is 14.2 Å². The van der Waals surface area contributed by atoms with Crippen molar-refractivity contribution in [3.05, 3.63) is 23.8 Å². The fraction of sp³-hybridized carbons (Fsp3) is 0.579. The molecule has 0 unspecified atom stereocenters. The molecule has 3 aliphatic rings. The van der Waals surface area contributed by atoms with Crippen molar-refractivity contribution in [2.45, 2.75) is 31.0 Å². The molecule has 146 valence electrons. The molecule has 1 aromatic rings. The quantitative estimate of drug-likeness (QED) is 0.824. The van der Waals surface area contributed by atoms with E-state index < -0.39 is 0 Å². The maximum Gasteiger partial charge on any atom is 0.251 e. The van der Waals surface area contributed by atoms with E-state index in [1.165, 1.54) is 0 Å². The minimum absolute atomic E-state index is 0.0693. The molecule has 0 radical (unpaired) electrons. The largest absolute Gasteiger partial charge is 0.454 e. The van der Waals surface area contributed by atoms with Gasteiger partial charge in [-0.2, -0.15) is 0 Å². The number of ether oxygens (including phenoxy) is 3. The summed E-state index contributed by atoms with van der Waals surface area (Å²) in [6.45, 7) is 2.29. The molecule has 0 aromatic heterocycles. The van der Waals surface area contributed by atoms with Crippen LogP contribution < -0.4 is 14.8 Å². The van der Waals surface area contributed by atoms with Crippen LogP contribution in [-0.4, -0.2) is 80.4 Å². The third kappa shape index (κ3) is 3.86. The third-order valence-electron chi connectivity index (χ3n) is 5.36. The van der Waals surface area contributed by atoms with Gasteiger partial charge in [0.2, 0.25) is 12.7 Å². The molecule has 8 nitrogen and oxygen atoms in total. The zero-order chi connectivity index (χ0) is 19.0. The van der Waals surface area contributed by atoms with E-state index in [1.54, 1.807) is 37.2 Å². The van der Waals surface area contributed by atoms with Gasteiger partial charge >= 0.3 is 0 Å². The highest BCUT2D eigenvalue weighted by Crippen LogP contribution is 2.32. The van der Waals surface area contributed by atoms with Crippen molar-refractivity contribution in [3.8, 4) is 11.5 Å². The molecule has 3 aliphatic heterocycles. The number of benzene rings is 1. The molecular weight excluding hydrogens is 350 g/mol. The molecule has 0 spiro atoms. The van der Waals surface area contributed by atoms with Gasteiger partial charge in [-0.15, -0.1) is 0 Å². The first-order valence-electron chi connectivity index (χ1n) is 9.26. The lowest BCUT2D eigenvalue weighted by Gasteiger charge is -2.35. The van der Waals surface area contributed by atoms with E-state index in [1.807, 2.05) is 0 Å². The van der Waals surface area contributed by atoms with Gasteiger partial charge < -0.3 is 24.4 Å². The Labute approximate surface area is 158 Å². The number of fused-ring (bicyclic) bond motifs is 2. The molecule has 3 heterocycles. The number of hydrogen-bond acceptors (Lipinski definition) is 6. The summed E-state index contributed by atoms with van der Waals surface area (Å²) < 4.78 is 16.5. The number of carbonyl (C=O) groups is 2. The van der Waals surface area contributed by atoms with Crippen molar-refractivity contribution in [2.75, 3.05) is 40.6 Å². The van der Waals surface area contributed by atoms with Gasteiger partial charge in [0.05, 0.1) is 19.1 Å². The number of morpholine rings is 1. The van der Waals surface area contributed by atoms with Gasteiger partial charge in [-0.25, -0.2) is 0 Å². The highest BCUT2D eigenvalue weighted by Gasteiger charge is 2.38. The van der Waals surface area contributed by atoms with Crippen LogP contribution in [0.25, 0.3) is 0 Å². The summed E-state index contributed by atoms with van der Waals surface area (Å²) in [6, 6.07) is 5.58. The second kappa shape index (κ2) is 7.36. The monoisotopic (exact) mass is 375 g/mol. The van der Waals surface area contributed by atoms with Crippen LogP contribution in [0.3, 0.4) is 0 Å².